The molecule has 2 aromatic heterocycles. The van der Waals surface area contributed by atoms with Gasteiger partial charge in [-0.3, -0.25) is 9.36 Å². The van der Waals surface area contributed by atoms with Gasteiger partial charge in [-0.25, -0.2) is 4.99 Å². The highest BCUT2D eigenvalue weighted by Crippen LogP contribution is 2.41. The lowest BCUT2D eigenvalue weighted by molar-refractivity contribution is 0.585. The summed E-state index contributed by atoms with van der Waals surface area (Å²) in [6.45, 7) is 2.11. The molecule has 0 bridgehead atoms. The molecule has 1 N–H and O–H groups in total. The first-order valence-corrected chi connectivity index (χ1v) is 15.3. The maximum atomic E-state index is 14.4. The molecule has 4 aromatic carbocycles. The quantitative estimate of drug-likeness (QED) is 0.231. The zero-order chi connectivity index (χ0) is 28.4. The second-order valence-corrected chi connectivity index (χ2v) is 12.4. The highest BCUT2D eigenvalue weighted by atomic mass is 35.5. The number of allylic oxidation sites excluding steroid dienone is 1. The van der Waals surface area contributed by atoms with E-state index in [1.807, 2.05) is 47.0 Å². The maximum Gasteiger partial charge on any atom is 0.271 e. The van der Waals surface area contributed by atoms with Crippen LogP contribution in [-0.2, 0) is 6.42 Å². The Morgan fingerprint density at radius 3 is 2.55 bits per heavy atom. The molecule has 1 aliphatic carbocycles. The number of hydrogen-bond donors (Lipinski definition) is 1. The summed E-state index contributed by atoms with van der Waals surface area (Å²) in [6, 6.07) is 32.8. The number of nitrogens with zero attached hydrogens (tertiary/aromatic N) is 2. The SMILES string of the molecule is Cc1cccc2c(/C=c3/sc4n(c3=O)[C@@H](c3ccc(Cl)cc3)C3=C(N=4)c4ccccc4CC3)c(-c3ccccc3)[nH]c12. The summed E-state index contributed by atoms with van der Waals surface area (Å²) < 4.78 is 2.56. The lowest BCUT2D eigenvalue weighted by atomic mass is 9.83. The average Bonchev–Trinajstić information content (AvgIpc) is 3.55. The van der Waals surface area contributed by atoms with Gasteiger partial charge < -0.3 is 4.98 Å². The van der Waals surface area contributed by atoms with Crippen molar-refractivity contribution in [1.29, 1.82) is 0 Å². The summed E-state index contributed by atoms with van der Waals surface area (Å²) in [6.07, 6.45) is 3.83. The van der Waals surface area contributed by atoms with Crippen LogP contribution in [-0.4, -0.2) is 9.55 Å². The van der Waals surface area contributed by atoms with E-state index in [1.54, 1.807) is 0 Å². The van der Waals surface area contributed by atoms with Gasteiger partial charge in [0.05, 0.1) is 22.0 Å². The van der Waals surface area contributed by atoms with Gasteiger partial charge in [-0.2, -0.15) is 0 Å². The van der Waals surface area contributed by atoms with E-state index in [4.69, 9.17) is 16.6 Å². The van der Waals surface area contributed by atoms with Crippen LogP contribution in [0, 0.1) is 6.92 Å². The molecule has 0 unspecified atom stereocenters. The number of rotatable bonds is 3. The molecular weight excluding hydrogens is 558 g/mol. The van der Waals surface area contributed by atoms with Gasteiger partial charge in [-0.15, -0.1) is 0 Å². The number of halogens is 1. The summed E-state index contributed by atoms with van der Waals surface area (Å²) in [5.41, 5.74) is 11.0. The van der Waals surface area contributed by atoms with E-state index in [1.165, 1.54) is 28.0 Å². The number of aromatic amines is 1. The zero-order valence-electron chi connectivity index (χ0n) is 22.9. The van der Waals surface area contributed by atoms with Crippen molar-refractivity contribution in [1.82, 2.24) is 9.55 Å². The van der Waals surface area contributed by atoms with Crippen molar-refractivity contribution in [3.8, 4) is 11.3 Å². The fourth-order valence-electron chi connectivity index (χ4n) is 6.47. The predicted molar refractivity (Wildman–Crippen MR) is 173 cm³/mol. The van der Waals surface area contributed by atoms with Crippen LogP contribution < -0.4 is 14.9 Å². The van der Waals surface area contributed by atoms with Gasteiger partial charge in [0.25, 0.3) is 5.56 Å². The molecule has 2 aliphatic rings. The predicted octanol–water partition coefficient (Wildman–Crippen LogP) is 7.43. The first-order valence-electron chi connectivity index (χ1n) is 14.1. The van der Waals surface area contributed by atoms with Crippen LogP contribution in [0.4, 0.5) is 0 Å². The Morgan fingerprint density at radius 2 is 1.71 bits per heavy atom. The third kappa shape index (κ3) is 3.96. The van der Waals surface area contributed by atoms with Crippen LogP contribution in [0.2, 0.25) is 5.02 Å². The molecule has 204 valence electrons. The number of benzene rings is 4. The smallest absolute Gasteiger partial charge is 0.271 e. The Morgan fingerprint density at radius 1 is 0.929 bits per heavy atom. The van der Waals surface area contributed by atoms with Gasteiger partial charge >= 0.3 is 0 Å². The molecule has 3 heterocycles. The van der Waals surface area contributed by atoms with E-state index in [9.17, 15) is 4.79 Å². The summed E-state index contributed by atoms with van der Waals surface area (Å²) in [5, 5.41) is 1.78. The maximum absolute atomic E-state index is 14.4. The average molecular weight is 584 g/mol. The lowest BCUT2D eigenvalue weighted by Gasteiger charge is -2.30. The third-order valence-electron chi connectivity index (χ3n) is 8.48. The monoisotopic (exact) mass is 583 g/mol. The zero-order valence-corrected chi connectivity index (χ0v) is 24.5. The van der Waals surface area contributed by atoms with E-state index < -0.39 is 0 Å². The van der Waals surface area contributed by atoms with E-state index in [0.717, 1.165) is 62.2 Å². The summed E-state index contributed by atoms with van der Waals surface area (Å²) >= 11 is 7.75. The minimum absolute atomic E-state index is 0.0230. The number of hydrogen-bond acceptors (Lipinski definition) is 3. The fraction of sp³-hybridized carbons (Fsp3) is 0.111. The van der Waals surface area contributed by atoms with Crippen molar-refractivity contribution < 1.29 is 0 Å². The molecule has 0 amide bonds. The number of thiazole rings is 1. The number of H-pyrrole nitrogens is 1. The second kappa shape index (κ2) is 9.83. The second-order valence-electron chi connectivity index (χ2n) is 10.9. The van der Waals surface area contributed by atoms with Crippen LogP contribution in [0.25, 0.3) is 33.9 Å². The molecule has 6 aromatic rings. The molecule has 0 fully saturated rings. The normalized spacial score (nSPS) is 16.2. The number of aromatic nitrogens is 2. The van der Waals surface area contributed by atoms with Crippen LogP contribution in [0.3, 0.4) is 0 Å². The summed E-state index contributed by atoms with van der Waals surface area (Å²) in [4.78, 5) is 23.9. The Hall–Kier alpha value is -4.45. The Balaban J connectivity index is 1.41. The highest BCUT2D eigenvalue weighted by molar-refractivity contribution is 7.07. The van der Waals surface area contributed by atoms with Gasteiger partial charge in [0.1, 0.15) is 0 Å². The topological polar surface area (TPSA) is 50.1 Å². The Kier molecular flexibility index (Phi) is 5.92. The van der Waals surface area contributed by atoms with Gasteiger partial charge in [0.2, 0.25) is 0 Å². The molecule has 1 aliphatic heterocycles. The van der Waals surface area contributed by atoms with Gasteiger partial charge in [-0.05, 0) is 65.8 Å². The van der Waals surface area contributed by atoms with E-state index >= 15 is 0 Å². The molecule has 6 heteroatoms. The van der Waals surface area contributed by atoms with Gasteiger partial charge in [-0.1, -0.05) is 108 Å². The summed E-state index contributed by atoms with van der Waals surface area (Å²) in [7, 11) is 0. The Bertz CT molecular complexity index is 2240. The molecule has 4 nitrogen and oxygen atoms in total. The Labute approximate surface area is 251 Å². The standard InChI is InChI=1S/C36H26ClN3OS/c1-21-8-7-13-27-29(32(38-31(21)27)23-10-3-2-4-11-23)20-30-35(41)40-34(24-14-17-25(37)18-15-24)28-19-16-22-9-5-6-12-26(22)33(28)39-36(40)42-30/h2-15,17-18,20,34,38H,16,19H2,1H3/b30-20+/t34-/m0/s1. The van der Waals surface area contributed by atoms with E-state index in [0.29, 0.717) is 9.55 Å². The van der Waals surface area contributed by atoms with Gasteiger partial charge in [0, 0.05) is 27.1 Å². The summed E-state index contributed by atoms with van der Waals surface area (Å²) in [5.74, 6) is 0. The fourth-order valence-corrected chi connectivity index (χ4v) is 7.57. The first kappa shape index (κ1) is 25.3. The minimum atomic E-state index is -0.233. The lowest BCUT2D eigenvalue weighted by Crippen LogP contribution is -2.38. The number of nitrogens with one attached hydrogen (secondary N) is 1. The van der Waals surface area contributed by atoms with Crippen molar-refractivity contribution in [2.45, 2.75) is 25.8 Å². The molecule has 0 saturated carbocycles. The molecule has 1 atom stereocenters. The molecule has 0 radical (unpaired) electrons. The molecular formula is C36H26ClN3OS. The third-order valence-corrected chi connectivity index (χ3v) is 9.71. The van der Waals surface area contributed by atoms with Crippen molar-refractivity contribution in [2.75, 3.05) is 0 Å². The van der Waals surface area contributed by atoms with Crippen LogP contribution >= 0.6 is 22.9 Å². The number of aryl methyl sites for hydroxylation is 2. The largest absolute Gasteiger partial charge is 0.354 e. The molecule has 42 heavy (non-hydrogen) atoms. The first-order chi connectivity index (χ1) is 20.6. The van der Waals surface area contributed by atoms with E-state index in [-0.39, 0.29) is 11.6 Å². The molecule has 8 rings (SSSR count). The number of fused-ring (bicyclic) bond motifs is 4. The molecule has 0 saturated heterocycles. The van der Waals surface area contributed by atoms with Crippen LogP contribution in [0.1, 0.15) is 40.3 Å². The van der Waals surface area contributed by atoms with Crippen molar-refractivity contribution in [3.63, 3.8) is 0 Å². The minimum Gasteiger partial charge on any atom is -0.354 e. The van der Waals surface area contributed by atoms with Crippen LogP contribution in [0.15, 0.2) is 112 Å². The number of para-hydroxylation sites is 1. The van der Waals surface area contributed by atoms with Crippen LogP contribution in [0.5, 0.6) is 0 Å². The highest BCUT2D eigenvalue weighted by Gasteiger charge is 2.32. The van der Waals surface area contributed by atoms with Crippen molar-refractivity contribution >= 4 is 45.6 Å². The van der Waals surface area contributed by atoms with Gasteiger partial charge in [0.15, 0.2) is 4.80 Å². The molecule has 0 spiro atoms. The van der Waals surface area contributed by atoms with Crippen molar-refractivity contribution in [3.05, 3.63) is 155 Å². The van der Waals surface area contributed by atoms with Crippen molar-refractivity contribution in [2.24, 2.45) is 4.99 Å². The van der Waals surface area contributed by atoms with E-state index in [2.05, 4.69) is 72.6 Å².